The van der Waals surface area contributed by atoms with E-state index in [0.717, 1.165) is 0 Å². The number of alkyl carbamates (subject to hydrolysis) is 1. The van der Waals surface area contributed by atoms with E-state index in [2.05, 4.69) is 5.32 Å². The number of amides is 1. The summed E-state index contributed by atoms with van der Waals surface area (Å²) < 4.78 is 18.4. The van der Waals surface area contributed by atoms with Gasteiger partial charge in [0.1, 0.15) is 11.4 Å². The Hall–Kier alpha value is -1.62. The molecule has 5 heteroatoms. The molecular formula is C14H20FNO3. The van der Waals surface area contributed by atoms with Crippen molar-refractivity contribution in [1.29, 1.82) is 0 Å². The van der Waals surface area contributed by atoms with Gasteiger partial charge in [0.25, 0.3) is 0 Å². The number of hydrogen-bond donors (Lipinski definition) is 2. The topological polar surface area (TPSA) is 58.6 Å². The number of aliphatic hydroxyl groups excluding tert-OH is 1. The molecule has 0 aliphatic heterocycles. The molecule has 4 nitrogen and oxygen atoms in total. The average Bonchev–Trinajstić information content (AvgIpc) is 2.27. The van der Waals surface area contributed by atoms with Crippen LogP contribution in [-0.4, -0.2) is 29.4 Å². The van der Waals surface area contributed by atoms with Crippen molar-refractivity contribution in [3.8, 4) is 0 Å². The number of hydrogen-bond acceptors (Lipinski definition) is 3. The van der Waals surface area contributed by atoms with Crippen LogP contribution < -0.4 is 5.32 Å². The fourth-order valence-electron chi connectivity index (χ4n) is 1.51. The van der Waals surface area contributed by atoms with Gasteiger partial charge in [-0.25, -0.2) is 9.18 Å². The third kappa shape index (κ3) is 6.20. The van der Waals surface area contributed by atoms with Crippen molar-refractivity contribution in [2.75, 3.05) is 6.54 Å². The van der Waals surface area contributed by atoms with E-state index in [-0.39, 0.29) is 18.8 Å². The molecule has 106 valence electrons. The molecule has 0 bridgehead atoms. The Morgan fingerprint density at radius 1 is 1.42 bits per heavy atom. The molecule has 1 rings (SSSR count). The van der Waals surface area contributed by atoms with E-state index in [1.807, 2.05) is 0 Å². The van der Waals surface area contributed by atoms with Gasteiger partial charge in [-0.1, -0.05) is 18.2 Å². The molecule has 19 heavy (non-hydrogen) atoms. The highest BCUT2D eigenvalue weighted by atomic mass is 19.1. The molecule has 0 aliphatic carbocycles. The fraction of sp³-hybridized carbons (Fsp3) is 0.500. The quantitative estimate of drug-likeness (QED) is 0.881. The number of halogens is 1. The second kappa shape index (κ2) is 6.52. The minimum Gasteiger partial charge on any atom is -0.444 e. The van der Waals surface area contributed by atoms with E-state index >= 15 is 0 Å². The van der Waals surface area contributed by atoms with Crippen LogP contribution in [0.2, 0.25) is 0 Å². The predicted octanol–water partition coefficient (Wildman–Crippen LogP) is 2.25. The van der Waals surface area contributed by atoms with E-state index in [1.54, 1.807) is 39.0 Å². The largest absolute Gasteiger partial charge is 0.444 e. The molecule has 0 heterocycles. The summed E-state index contributed by atoms with van der Waals surface area (Å²) in [6, 6.07) is 6.23. The van der Waals surface area contributed by atoms with Gasteiger partial charge in [-0.15, -0.1) is 0 Å². The highest BCUT2D eigenvalue weighted by molar-refractivity contribution is 5.67. The molecule has 1 unspecified atom stereocenters. The molecular weight excluding hydrogens is 249 g/mol. The summed E-state index contributed by atoms with van der Waals surface area (Å²) in [5.41, 5.74) is -0.165. The second-order valence-corrected chi connectivity index (χ2v) is 5.33. The standard InChI is InChI=1S/C14H20FNO3/c1-14(2,3)19-13(18)16-9-11(17)8-10-6-4-5-7-12(10)15/h4-7,11,17H,8-9H2,1-3H3,(H,16,18). The van der Waals surface area contributed by atoms with E-state index in [1.165, 1.54) is 6.07 Å². The Kier molecular flexibility index (Phi) is 5.30. The van der Waals surface area contributed by atoms with Gasteiger partial charge in [-0.3, -0.25) is 0 Å². The molecule has 0 saturated heterocycles. The van der Waals surface area contributed by atoms with E-state index < -0.39 is 17.8 Å². The maximum Gasteiger partial charge on any atom is 0.407 e. The van der Waals surface area contributed by atoms with E-state index in [4.69, 9.17) is 4.74 Å². The number of aliphatic hydroxyl groups is 1. The summed E-state index contributed by atoms with van der Waals surface area (Å²) >= 11 is 0. The first kappa shape index (κ1) is 15.4. The van der Waals surface area contributed by atoms with E-state index in [0.29, 0.717) is 5.56 Å². The molecule has 0 aromatic heterocycles. The van der Waals surface area contributed by atoms with Crippen LogP contribution in [0.5, 0.6) is 0 Å². The Morgan fingerprint density at radius 2 is 2.05 bits per heavy atom. The first-order valence-corrected chi connectivity index (χ1v) is 6.16. The SMILES string of the molecule is CC(C)(C)OC(=O)NCC(O)Cc1ccccc1F. The third-order valence-electron chi connectivity index (χ3n) is 2.29. The zero-order valence-electron chi connectivity index (χ0n) is 11.4. The van der Waals surface area contributed by atoms with Crippen molar-refractivity contribution >= 4 is 6.09 Å². The smallest absolute Gasteiger partial charge is 0.407 e. The van der Waals surface area contributed by atoms with Crippen LogP contribution >= 0.6 is 0 Å². The number of carbonyl (C=O) groups excluding carboxylic acids is 1. The Bertz CT molecular complexity index is 429. The van der Waals surface area contributed by atoms with Crippen molar-refractivity contribution in [3.63, 3.8) is 0 Å². The Balaban J connectivity index is 2.38. The molecule has 1 amide bonds. The second-order valence-electron chi connectivity index (χ2n) is 5.33. The van der Waals surface area contributed by atoms with Crippen LogP contribution in [-0.2, 0) is 11.2 Å². The van der Waals surface area contributed by atoms with Gasteiger partial charge in [0.05, 0.1) is 6.10 Å². The normalized spacial score (nSPS) is 12.9. The zero-order valence-corrected chi connectivity index (χ0v) is 11.4. The number of rotatable bonds is 4. The van der Waals surface area contributed by atoms with Gasteiger partial charge in [0.2, 0.25) is 0 Å². The predicted molar refractivity (Wildman–Crippen MR) is 70.3 cm³/mol. The summed E-state index contributed by atoms with van der Waals surface area (Å²) in [4.78, 5) is 11.4. The minimum atomic E-state index is -0.857. The number of nitrogens with one attached hydrogen (secondary N) is 1. The molecule has 1 aromatic carbocycles. The molecule has 0 saturated carbocycles. The molecule has 2 N–H and O–H groups in total. The monoisotopic (exact) mass is 269 g/mol. The van der Waals surface area contributed by atoms with Crippen molar-refractivity contribution in [2.45, 2.75) is 38.9 Å². The number of carbonyl (C=O) groups is 1. The van der Waals surface area contributed by atoms with Crippen LogP contribution in [0, 0.1) is 5.82 Å². The van der Waals surface area contributed by atoms with Gasteiger partial charge in [0, 0.05) is 13.0 Å². The number of benzene rings is 1. The first-order valence-electron chi connectivity index (χ1n) is 6.16. The maximum absolute atomic E-state index is 13.3. The number of ether oxygens (including phenoxy) is 1. The van der Waals surface area contributed by atoms with Gasteiger partial charge in [0.15, 0.2) is 0 Å². The van der Waals surface area contributed by atoms with Crippen molar-refractivity contribution in [1.82, 2.24) is 5.32 Å². The zero-order chi connectivity index (χ0) is 14.5. The maximum atomic E-state index is 13.3. The molecule has 1 atom stereocenters. The van der Waals surface area contributed by atoms with Crippen LogP contribution in [0.3, 0.4) is 0 Å². The highest BCUT2D eigenvalue weighted by Gasteiger charge is 2.17. The Morgan fingerprint density at radius 3 is 2.63 bits per heavy atom. The highest BCUT2D eigenvalue weighted by Crippen LogP contribution is 2.09. The average molecular weight is 269 g/mol. The third-order valence-corrected chi connectivity index (χ3v) is 2.29. The van der Waals surface area contributed by atoms with Gasteiger partial charge in [-0.05, 0) is 32.4 Å². The summed E-state index contributed by atoms with van der Waals surface area (Å²) in [5.74, 6) is -0.362. The van der Waals surface area contributed by atoms with Crippen LogP contribution in [0.1, 0.15) is 26.3 Å². The van der Waals surface area contributed by atoms with Gasteiger partial charge in [-0.2, -0.15) is 0 Å². The lowest BCUT2D eigenvalue weighted by Gasteiger charge is -2.20. The Labute approximate surface area is 112 Å². The fourth-order valence-corrected chi connectivity index (χ4v) is 1.51. The summed E-state index contributed by atoms with van der Waals surface area (Å²) in [6.07, 6.45) is -1.31. The summed E-state index contributed by atoms with van der Waals surface area (Å²) in [7, 11) is 0. The summed E-state index contributed by atoms with van der Waals surface area (Å²) in [6.45, 7) is 5.27. The molecule has 0 fully saturated rings. The van der Waals surface area contributed by atoms with Crippen LogP contribution in [0.15, 0.2) is 24.3 Å². The molecule has 0 aliphatic rings. The summed E-state index contributed by atoms with van der Waals surface area (Å²) in [5, 5.41) is 12.2. The minimum absolute atomic E-state index is 0.0171. The first-order chi connectivity index (χ1) is 8.78. The molecule has 0 spiro atoms. The lowest BCUT2D eigenvalue weighted by atomic mass is 10.1. The van der Waals surface area contributed by atoms with Gasteiger partial charge >= 0.3 is 6.09 Å². The molecule has 0 radical (unpaired) electrons. The van der Waals surface area contributed by atoms with Crippen molar-refractivity contribution in [3.05, 3.63) is 35.6 Å². The van der Waals surface area contributed by atoms with E-state index in [9.17, 15) is 14.3 Å². The van der Waals surface area contributed by atoms with Crippen LogP contribution in [0.4, 0.5) is 9.18 Å². The van der Waals surface area contributed by atoms with Crippen molar-refractivity contribution in [2.24, 2.45) is 0 Å². The molecule has 1 aromatic rings. The lowest BCUT2D eigenvalue weighted by Crippen LogP contribution is -2.37. The lowest BCUT2D eigenvalue weighted by molar-refractivity contribution is 0.0492. The van der Waals surface area contributed by atoms with Gasteiger partial charge < -0.3 is 15.2 Å². The van der Waals surface area contributed by atoms with Crippen LogP contribution in [0.25, 0.3) is 0 Å². The van der Waals surface area contributed by atoms with Crippen molar-refractivity contribution < 1.29 is 19.0 Å².